The van der Waals surface area contributed by atoms with Crippen LogP contribution < -0.4 is 10.6 Å². The SMILES string of the molecule is CCCCCCCCCCCCC(=O)NCC(=O)N[C@@H](Cc1cnc[nH]1)C(=O)O. The average Bonchev–Trinajstić information content (AvgIpc) is 3.20. The Bertz CT molecular complexity index is 590. The van der Waals surface area contributed by atoms with Crippen molar-refractivity contribution in [1.82, 2.24) is 20.6 Å². The summed E-state index contributed by atoms with van der Waals surface area (Å²) in [4.78, 5) is 41.7. The summed E-state index contributed by atoms with van der Waals surface area (Å²) in [5.41, 5.74) is 0.614. The van der Waals surface area contributed by atoms with E-state index in [4.69, 9.17) is 0 Å². The number of aromatic amines is 1. The summed E-state index contributed by atoms with van der Waals surface area (Å²) in [6.45, 7) is 2.00. The number of hydrogen-bond acceptors (Lipinski definition) is 4. The van der Waals surface area contributed by atoms with E-state index >= 15 is 0 Å². The van der Waals surface area contributed by atoms with Crippen molar-refractivity contribution in [1.29, 1.82) is 0 Å². The molecular formula is C21H36N4O4. The number of carboxylic acids is 1. The summed E-state index contributed by atoms with van der Waals surface area (Å²) in [5.74, 6) is -1.84. The van der Waals surface area contributed by atoms with Crippen molar-refractivity contribution in [2.24, 2.45) is 0 Å². The Hall–Kier alpha value is -2.38. The smallest absolute Gasteiger partial charge is 0.326 e. The number of aliphatic carboxylic acids is 1. The molecule has 0 spiro atoms. The number of carbonyl (C=O) groups is 3. The minimum absolute atomic E-state index is 0.105. The first-order valence-electron chi connectivity index (χ1n) is 10.8. The summed E-state index contributed by atoms with van der Waals surface area (Å²) in [5, 5.41) is 14.2. The number of imidazole rings is 1. The molecule has 0 aliphatic heterocycles. The molecule has 0 saturated carbocycles. The molecule has 1 aromatic rings. The maximum Gasteiger partial charge on any atom is 0.326 e. The second-order valence-corrected chi connectivity index (χ2v) is 7.45. The minimum atomic E-state index is -1.13. The number of aromatic nitrogens is 2. The zero-order valence-electron chi connectivity index (χ0n) is 17.5. The predicted molar refractivity (Wildman–Crippen MR) is 111 cm³/mol. The van der Waals surface area contributed by atoms with Gasteiger partial charge in [0.15, 0.2) is 0 Å². The Kier molecular flexibility index (Phi) is 13.2. The third-order valence-electron chi connectivity index (χ3n) is 4.82. The van der Waals surface area contributed by atoms with Crippen LogP contribution in [-0.2, 0) is 20.8 Å². The highest BCUT2D eigenvalue weighted by atomic mass is 16.4. The first-order valence-corrected chi connectivity index (χ1v) is 10.8. The lowest BCUT2D eigenvalue weighted by Gasteiger charge is -2.14. The fourth-order valence-corrected chi connectivity index (χ4v) is 3.10. The maximum atomic E-state index is 11.9. The molecule has 0 fully saturated rings. The van der Waals surface area contributed by atoms with Crippen LogP contribution >= 0.6 is 0 Å². The van der Waals surface area contributed by atoms with Gasteiger partial charge in [-0.1, -0.05) is 64.7 Å². The first-order chi connectivity index (χ1) is 14.0. The normalized spacial score (nSPS) is 11.8. The molecule has 164 valence electrons. The topological polar surface area (TPSA) is 124 Å². The molecule has 1 rings (SSSR count). The number of hydrogen-bond donors (Lipinski definition) is 4. The van der Waals surface area contributed by atoms with Crippen molar-refractivity contribution in [2.45, 2.75) is 90.0 Å². The molecule has 0 bridgehead atoms. The maximum absolute atomic E-state index is 11.9. The molecule has 8 nitrogen and oxygen atoms in total. The molecule has 8 heteroatoms. The largest absolute Gasteiger partial charge is 0.480 e. The van der Waals surface area contributed by atoms with Crippen LogP contribution in [0.15, 0.2) is 12.5 Å². The van der Waals surface area contributed by atoms with E-state index in [0.29, 0.717) is 12.1 Å². The van der Waals surface area contributed by atoms with Gasteiger partial charge in [0, 0.05) is 24.7 Å². The lowest BCUT2D eigenvalue weighted by molar-refractivity contribution is -0.141. The van der Waals surface area contributed by atoms with Crippen LogP contribution in [0.1, 0.15) is 83.2 Å². The van der Waals surface area contributed by atoms with E-state index in [1.165, 1.54) is 57.5 Å². The number of carboxylic acid groups (broad SMARTS) is 1. The lowest BCUT2D eigenvalue weighted by atomic mass is 10.1. The standard InChI is InChI=1S/C21H36N4O4/c1-2-3-4-5-6-7-8-9-10-11-12-19(26)23-15-20(27)25-18(21(28)29)13-17-14-22-16-24-17/h14,16,18H,2-13,15H2,1H3,(H,22,24)(H,23,26)(H,25,27)(H,28,29)/t18-/m0/s1. The third kappa shape index (κ3) is 12.6. The van der Waals surface area contributed by atoms with Gasteiger partial charge in [-0.05, 0) is 6.42 Å². The molecule has 4 N–H and O–H groups in total. The quantitative estimate of drug-likeness (QED) is 0.295. The van der Waals surface area contributed by atoms with Gasteiger partial charge in [0.2, 0.25) is 11.8 Å². The number of amides is 2. The Morgan fingerprint density at radius 2 is 1.62 bits per heavy atom. The zero-order valence-corrected chi connectivity index (χ0v) is 17.5. The van der Waals surface area contributed by atoms with E-state index in [0.717, 1.165) is 19.3 Å². The van der Waals surface area contributed by atoms with Crippen LogP contribution in [0.4, 0.5) is 0 Å². The van der Waals surface area contributed by atoms with E-state index in [9.17, 15) is 19.5 Å². The molecule has 1 aromatic heterocycles. The number of nitrogens with zero attached hydrogens (tertiary/aromatic N) is 1. The van der Waals surface area contributed by atoms with E-state index in [2.05, 4.69) is 27.5 Å². The van der Waals surface area contributed by atoms with Crippen molar-refractivity contribution in [3.63, 3.8) is 0 Å². The predicted octanol–water partition coefficient (Wildman–Crippen LogP) is 2.95. The average molecular weight is 409 g/mol. The van der Waals surface area contributed by atoms with E-state index in [-0.39, 0.29) is 18.9 Å². The molecule has 1 heterocycles. The van der Waals surface area contributed by atoms with E-state index in [1.54, 1.807) is 0 Å². The number of rotatable bonds is 17. The number of nitrogens with one attached hydrogen (secondary N) is 3. The first kappa shape index (κ1) is 24.7. The van der Waals surface area contributed by atoms with Gasteiger partial charge in [0.05, 0.1) is 12.9 Å². The summed E-state index contributed by atoms with van der Waals surface area (Å²) >= 11 is 0. The summed E-state index contributed by atoms with van der Waals surface area (Å²) in [7, 11) is 0. The van der Waals surface area contributed by atoms with Crippen molar-refractivity contribution < 1.29 is 19.5 Å². The number of unbranched alkanes of at least 4 members (excludes halogenated alkanes) is 9. The van der Waals surface area contributed by atoms with Gasteiger partial charge >= 0.3 is 5.97 Å². The molecule has 1 atom stereocenters. The molecule has 0 aromatic carbocycles. The van der Waals surface area contributed by atoms with Crippen molar-refractivity contribution >= 4 is 17.8 Å². The van der Waals surface area contributed by atoms with Gasteiger partial charge in [-0.15, -0.1) is 0 Å². The van der Waals surface area contributed by atoms with Gasteiger partial charge in [-0.2, -0.15) is 0 Å². The Balaban J connectivity index is 2.06. The van der Waals surface area contributed by atoms with E-state index in [1.807, 2.05) is 0 Å². The molecule has 2 amide bonds. The van der Waals surface area contributed by atoms with Crippen molar-refractivity contribution in [2.75, 3.05) is 6.54 Å². The van der Waals surface area contributed by atoms with Crippen LogP contribution in [0.25, 0.3) is 0 Å². The van der Waals surface area contributed by atoms with Crippen LogP contribution in [0.2, 0.25) is 0 Å². The second-order valence-electron chi connectivity index (χ2n) is 7.45. The summed E-state index contributed by atoms with van der Waals surface area (Å²) in [6.07, 6.45) is 15.4. The Morgan fingerprint density at radius 3 is 2.17 bits per heavy atom. The van der Waals surface area contributed by atoms with Crippen molar-refractivity contribution in [3.8, 4) is 0 Å². The second kappa shape index (κ2) is 15.5. The van der Waals surface area contributed by atoms with Crippen molar-refractivity contribution in [3.05, 3.63) is 18.2 Å². The molecule has 0 aliphatic rings. The van der Waals surface area contributed by atoms with Gasteiger partial charge in [0.25, 0.3) is 0 Å². The van der Waals surface area contributed by atoms with Gasteiger partial charge in [0.1, 0.15) is 6.04 Å². The van der Waals surface area contributed by atoms with Crippen LogP contribution in [0, 0.1) is 0 Å². The number of carbonyl (C=O) groups excluding carboxylic acids is 2. The zero-order chi connectivity index (χ0) is 21.3. The molecule has 29 heavy (non-hydrogen) atoms. The van der Waals surface area contributed by atoms with Gasteiger partial charge in [-0.3, -0.25) is 9.59 Å². The van der Waals surface area contributed by atoms with Crippen LogP contribution in [-0.4, -0.2) is 45.4 Å². The summed E-state index contributed by atoms with van der Waals surface area (Å²) in [6, 6.07) is -1.07. The van der Waals surface area contributed by atoms with Gasteiger partial charge in [-0.25, -0.2) is 9.78 Å². The highest BCUT2D eigenvalue weighted by Gasteiger charge is 2.21. The fraction of sp³-hybridized carbons (Fsp3) is 0.714. The Morgan fingerprint density at radius 1 is 1.00 bits per heavy atom. The van der Waals surface area contributed by atoms with E-state index < -0.39 is 17.9 Å². The highest BCUT2D eigenvalue weighted by molar-refractivity contribution is 5.87. The van der Waals surface area contributed by atoms with Crippen LogP contribution in [0.5, 0.6) is 0 Å². The Labute approximate surface area is 173 Å². The number of H-pyrrole nitrogens is 1. The molecule has 0 unspecified atom stereocenters. The highest BCUT2D eigenvalue weighted by Crippen LogP contribution is 2.11. The molecule has 0 saturated heterocycles. The third-order valence-corrected chi connectivity index (χ3v) is 4.82. The summed E-state index contributed by atoms with van der Waals surface area (Å²) < 4.78 is 0. The monoisotopic (exact) mass is 408 g/mol. The van der Waals surface area contributed by atoms with Gasteiger partial charge < -0.3 is 20.7 Å². The minimum Gasteiger partial charge on any atom is -0.480 e. The molecule has 0 radical (unpaired) electrons. The molecule has 0 aliphatic carbocycles. The lowest BCUT2D eigenvalue weighted by Crippen LogP contribution is -2.46. The van der Waals surface area contributed by atoms with Crippen LogP contribution in [0.3, 0.4) is 0 Å². The molecular weight excluding hydrogens is 372 g/mol. The fourth-order valence-electron chi connectivity index (χ4n) is 3.10.